The molecule has 2 rings (SSSR count). The highest BCUT2D eigenvalue weighted by Crippen LogP contribution is 2.27. The molecule has 0 aliphatic carbocycles. The van der Waals surface area contributed by atoms with Gasteiger partial charge in [0, 0.05) is 43.1 Å². The van der Waals surface area contributed by atoms with Crippen molar-refractivity contribution in [3.8, 4) is 0 Å². The van der Waals surface area contributed by atoms with Gasteiger partial charge in [0.15, 0.2) is 0 Å². The fourth-order valence-electron chi connectivity index (χ4n) is 1.94. The van der Waals surface area contributed by atoms with Crippen molar-refractivity contribution in [2.24, 2.45) is 0 Å². The fraction of sp³-hybridized carbons (Fsp3) is 0.294. The van der Waals surface area contributed by atoms with Gasteiger partial charge in [-0.2, -0.15) is 23.5 Å². The molecule has 0 bridgehead atoms. The normalized spacial score (nSPS) is 11.2. The second-order valence-electron chi connectivity index (χ2n) is 5.16. The van der Waals surface area contributed by atoms with Gasteiger partial charge in [0.25, 0.3) is 0 Å². The molecule has 0 radical (unpaired) electrons. The largest absolute Gasteiger partial charge is 0.391 e. The van der Waals surface area contributed by atoms with Crippen LogP contribution < -0.4 is 0 Å². The van der Waals surface area contributed by atoms with Crippen LogP contribution in [0.15, 0.2) is 36.4 Å². The van der Waals surface area contributed by atoms with Crippen LogP contribution in [-0.4, -0.2) is 22.7 Å². The van der Waals surface area contributed by atoms with E-state index in [1.807, 2.05) is 24.3 Å². The van der Waals surface area contributed by atoms with E-state index in [0.29, 0.717) is 31.6 Å². The van der Waals surface area contributed by atoms with Crippen molar-refractivity contribution in [3.05, 3.63) is 67.6 Å². The lowest BCUT2D eigenvalue weighted by molar-refractivity contribution is 0.225. The van der Waals surface area contributed by atoms with E-state index in [-0.39, 0.29) is 6.10 Å². The molecule has 7 heteroatoms. The molecule has 130 valence electrons. The Bertz CT molecular complexity index is 624. The summed E-state index contributed by atoms with van der Waals surface area (Å²) in [5.41, 5.74) is 2.05. The minimum Gasteiger partial charge on any atom is -0.391 e. The standard InChI is InChI=1S/C17H16Cl4OS2/c18-13-3-1-11(16(20)5-13)7-23-9-15(22)10-24-8-12-2-4-14(19)6-17(12)21/h1-6,15,22H,7-10H2. The molecular formula is C17H16Cl4OS2. The number of thioether (sulfide) groups is 2. The summed E-state index contributed by atoms with van der Waals surface area (Å²) in [6.45, 7) is 0. The van der Waals surface area contributed by atoms with Gasteiger partial charge in [-0.05, 0) is 35.4 Å². The lowest BCUT2D eigenvalue weighted by Crippen LogP contribution is -2.13. The molecule has 0 saturated carbocycles. The maximum Gasteiger partial charge on any atom is 0.0721 e. The highest BCUT2D eigenvalue weighted by atomic mass is 35.5. The molecule has 0 aliphatic heterocycles. The van der Waals surface area contributed by atoms with Gasteiger partial charge < -0.3 is 5.11 Å². The third-order valence-electron chi connectivity index (χ3n) is 3.17. The molecule has 1 nitrogen and oxygen atoms in total. The van der Waals surface area contributed by atoms with Crippen LogP contribution in [0, 0.1) is 0 Å². The van der Waals surface area contributed by atoms with Crippen molar-refractivity contribution in [3.63, 3.8) is 0 Å². The lowest BCUT2D eigenvalue weighted by Gasteiger charge is -2.11. The van der Waals surface area contributed by atoms with Gasteiger partial charge >= 0.3 is 0 Å². The first-order valence-corrected chi connectivity index (χ1v) is 11.0. The van der Waals surface area contributed by atoms with Crippen LogP contribution in [0.1, 0.15) is 11.1 Å². The summed E-state index contributed by atoms with van der Waals surface area (Å²) < 4.78 is 0. The van der Waals surface area contributed by atoms with Crippen molar-refractivity contribution in [1.29, 1.82) is 0 Å². The van der Waals surface area contributed by atoms with Crippen molar-refractivity contribution < 1.29 is 5.11 Å². The number of halogens is 4. The van der Waals surface area contributed by atoms with E-state index in [4.69, 9.17) is 46.4 Å². The van der Waals surface area contributed by atoms with Gasteiger partial charge in [0.1, 0.15) is 0 Å². The van der Waals surface area contributed by atoms with Gasteiger partial charge in [0.05, 0.1) is 6.10 Å². The molecule has 0 saturated heterocycles. The van der Waals surface area contributed by atoms with E-state index in [0.717, 1.165) is 22.6 Å². The zero-order chi connectivity index (χ0) is 17.5. The summed E-state index contributed by atoms with van der Waals surface area (Å²) in [6.07, 6.45) is -0.378. The Labute approximate surface area is 171 Å². The van der Waals surface area contributed by atoms with E-state index in [1.165, 1.54) is 0 Å². The van der Waals surface area contributed by atoms with E-state index in [1.54, 1.807) is 35.7 Å². The molecule has 0 fully saturated rings. The van der Waals surface area contributed by atoms with E-state index < -0.39 is 0 Å². The predicted molar refractivity (Wildman–Crippen MR) is 111 cm³/mol. The average molecular weight is 442 g/mol. The average Bonchev–Trinajstić information content (AvgIpc) is 2.51. The van der Waals surface area contributed by atoms with Crippen molar-refractivity contribution >= 4 is 69.9 Å². The van der Waals surface area contributed by atoms with Crippen LogP contribution >= 0.6 is 69.9 Å². The summed E-state index contributed by atoms with van der Waals surface area (Å²) in [4.78, 5) is 0. The molecule has 0 unspecified atom stereocenters. The molecule has 0 spiro atoms. The number of aliphatic hydroxyl groups excluding tert-OH is 1. The predicted octanol–water partition coefficient (Wildman–Crippen LogP) is 6.83. The maximum atomic E-state index is 10.1. The zero-order valence-electron chi connectivity index (χ0n) is 12.6. The third kappa shape index (κ3) is 6.87. The van der Waals surface area contributed by atoms with Gasteiger partial charge in [-0.25, -0.2) is 0 Å². The number of hydrogen-bond donors (Lipinski definition) is 1. The number of benzene rings is 2. The van der Waals surface area contributed by atoms with Crippen molar-refractivity contribution in [2.75, 3.05) is 11.5 Å². The molecule has 1 N–H and O–H groups in total. The van der Waals surface area contributed by atoms with Gasteiger partial charge in [-0.15, -0.1) is 0 Å². The van der Waals surface area contributed by atoms with Crippen molar-refractivity contribution in [2.45, 2.75) is 17.6 Å². The SMILES string of the molecule is OC(CSCc1ccc(Cl)cc1Cl)CSCc1ccc(Cl)cc1Cl. The third-order valence-corrected chi connectivity index (χ3v) is 6.61. The summed E-state index contributed by atoms with van der Waals surface area (Å²) >= 11 is 27.3. The summed E-state index contributed by atoms with van der Waals surface area (Å²) in [5.74, 6) is 2.81. The molecule has 0 aliphatic rings. The van der Waals surface area contributed by atoms with Gasteiger partial charge in [0.2, 0.25) is 0 Å². The summed E-state index contributed by atoms with van der Waals surface area (Å²) in [5, 5.41) is 12.7. The molecule has 2 aromatic carbocycles. The van der Waals surface area contributed by atoms with E-state index in [9.17, 15) is 5.11 Å². The number of aliphatic hydroxyl groups is 1. The Morgan fingerprint density at radius 1 is 0.750 bits per heavy atom. The zero-order valence-corrected chi connectivity index (χ0v) is 17.3. The first kappa shape index (κ1) is 20.6. The summed E-state index contributed by atoms with van der Waals surface area (Å²) in [6, 6.07) is 11.0. The fourth-order valence-corrected chi connectivity index (χ4v) is 5.15. The molecule has 0 aromatic heterocycles. The Balaban J connectivity index is 1.69. The number of hydrogen-bond acceptors (Lipinski definition) is 3. The van der Waals surface area contributed by atoms with E-state index in [2.05, 4.69) is 0 Å². The highest BCUT2D eigenvalue weighted by molar-refractivity contribution is 7.99. The van der Waals surface area contributed by atoms with Gasteiger partial charge in [-0.3, -0.25) is 0 Å². The Morgan fingerprint density at radius 2 is 1.17 bits per heavy atom. The van der Waals surface area contributed by atoms with E-state index >= 15 is 0 Å². The second kappa shape index (κ2) is 10.4. The Morgan fingerprint density at radius 3 is 1.54 bits per heavy atom. The molecular weight excluding hydrogens is 426 g/mol. The van der Waals surface area contributed by atoms with Crippen LogP contribution in [-0.2, 0) is 11.5 Å². The first-order valence-electron chi connectivity index (χ1n) is 7.17. The van der Waals surface area contributed by atoms with Gasteiger partial charge in [-0.1, -0.05) is 58.5 Å². The minimum absolute atomic E-state index is 0.378. The van der Waals surface area contributed by atoms with Crippen LogP contribution in [0.2, 0.25) is 20.1 Å². The molecule has 24 heavy (non-hydrogen) atoms. The molecule has 2 aromatic rings. The second-order valence-corrected chi connectivity index (χ2v) is 8.90. The first-order chi connectivity index (χ1) is 11.5. The van der Waals surface area contributed by atoms with Crippen LogP contribution in [0.4, 0.5) is 0 Å². The topological polar surface area (TPSA) is 20.2 Å². The highest BCUT2D eigenvalue weighted by Gasteiger charge is 2.08. The summed E-state index contributed by atoms with van der Waals surface area (Å²) in [7, 11) is 0. The van der Waals surface area contributed by atoms with Crippen LogP contribution in [0.25, 0.3) is 0 Å². The minimum atomic E-state index is -0.378. The molecule has 0 heterocycles. The van der Waals surface area contributed by atoms with Crippen LogP contribution in [0.5, 0.6) is 0 Å². The van der Waals surface area contributed by atoms with Crippen LogP contribution in [0.3, 0.4) is 0 Å². The Kier molecular flexibility index (Phi) is 8.93. The molecule has 0 amide bonds. The maximum absolute atomic E-state index is 10.1. The quantitative estimate of drug-likeness (QED) is 0.484. The number of rotatable bonds is 8. The smallest absolute Gasteiger partial charge is 0.0721 e. The monoisotopic (exact) mass is 440 g/mol. The lowest BCUT2D eigenvalue weighted by atomic mass is 10.2. The Hall–Kier alpha value is 0.260. The van der Waals surface area contributed by atoms with Crippen molar-refractivity contribution in [1.82, 2.24) is 0 Å². The molecule has 0 atom stereocenters.